The molecule has 1 saturated heterocycles. The van der Waals surface area contributed by atoms with E-state index in [1.165, 1.54) is 13.8 Å². The molecule has 240 valence electrons. The zero-order chi connectivity index (χ0) is 32.4. The Morgan fingerprint density at radius 3 is 2.05 bits per heavy atom. The van der Waals surface area contributed by atoms with Crippen molar-refractivity contribution in [2.24, 2.45) is 0 Å². The van der Waals surface area contributed by atoms with Crippen molar-refractivity contribution in [1.82, 2.24) is 19.7 Å². The highest BCUT2D eigenvalue weighted by Crippen LogP contribution is 2.53. The van der Waals surface area contributed by atoms with E-state index < -0.39 is 97.0 Å². The number of aliphatic hydroxyl groups excluding tert-OH is 1. The number of rotatable bonds is 13. The highest BCUT2D eigenvalue weighted by atomic mass is 32.4. The molecule has 0 amide bonds. The standard InChI is InChI=1S/C22H33F5N5O8PS/c1-9(2)38-17(34)11(5)30-41(42,31-12(6)18(35)39-10(3)4)37-8-21(19(24)25)22(26,27)14(33)16(40-21)32-7-13(23)15(28)29-20(32)36/h7,9-12,14,16,19,33H,8H2,1-6H3,(H2,28,29,36)(H2,30,31,42). The van der Waals surface area contributed by atoms with E-state index in [-0.39, 0.29) is 10.8 Å². The predicted octanol–water partition coefficient (Wildman–Crippen LogP) is 1.59. The van der Waals surface area contributed by atoms with Gasteiger partial charge in [-0.1, -0.05) is 0 Å². The Morgan fingerprint density at radius 1 is 1.14 bits per heavy atom. The van der Waals surface area contributed by atoms with Crippen LogP contribution in [0.2, 0.25) is 0 Å². The molecule has 42 heavy (non-hydrogen) atoms. The maximum atomic E-state index is 15.4. The number of nitrogens with zero attached hydrogens (tertiary/aromatic N) is 2. The number of nitrogens with one attached hydrogen (secondary N) is 2. The minimum Gasteiger partial charge on any atom is -0.462 e. The van der Waals surface area contributed by atoms with Crippen LogP contribution in [0.15, 0.2) is 11.0 Å². The zero-order valence-corrected chi connectivity index (χ0v) is 25.1. The lowest BCUT2D eigenvalue weighted by molar-refractivity contribution is -0.241. The number of halogens is 5. The van der Waals surface area contributed by atoms with Gasteiger partial charge in [0.2, 0.25) is 5.60 Å². The SMILES string of the molecule is CC(C)OC(=O)C(C)NP(=S)(NC(C)C(=O)OC(C)C)OCC1(C(F)F)OC(n2cc(F)c(N)nc2=O)C(O)C1(F)F. The average Bonchev–Trinajstić information content (AvgIpc) is 3.05. The van der Waals surface area contributed by atoms with Gasteiger partial charge in [-0.2, -0.15) is 13.8 Å². The second kappa shape index (κ2) is 13.6. The van der Waals surface area contributed by atoms with Crippen molar-refractivity contribution in [3.8, 4) is 0 Å². The van der Waals surface area contributed by atoms with E-state index in [1.807, 2.05) is 0 Å². The maximum Gasteiger partial charge on any atom is 0.351 e. The number of hydrogen-bond acceptors (Lipinski definition) is 11. The van der Waals surface area contributed by atoms with Crippen molar-refractivity contribution in [3.63, 3.8) is 0 Å². The summed E-state index contributed by atoms with van der Waals surface area (Å²) in [6, 6.07) is -2.60. The number of carbonyl (C=O) groups is 2. The number of hydrogen-bond donors (Lipinski definition) is 4. The number of nitrogen functional groups attached to an aromatic ring is 1. The zero-order valence-electron chi connectivity index (χ0n) is 23.3. The molecule has 5 atom stereocenters. The smallest absolute Gasteiger partial charge is 0.351 e. The van der Waals surface area contributed by atoms with E-state index in [0.29, 0.717) is 0 Å². The molecule has 5 N–H and O–H groups in total. The van der Waals surface area contributed by atoms with Crippen LogP contribution in [0.1, 0.15) is 47.8 Å². The van der Waals surface area contributed by atoms with Crippen LogP contribution in [-0.4, -0.2) is 81.5 Å². The van der Waals surface area contributed by atoms with Crippen LogP contribution in [-0.2, 0) is 40.1 Å². The van der Waals surface area contributed by atoms with Crippen molar-refractivity contribution in [2.45, 2.75) is 96.1 Å². The van der Waals surface area contributed by atoms with Crippen molar-refractivity contribution < 1.29 is 55.4 Å². The van der Waals surface area contributed by atoms with Gasteiger partial charge in [0.1, 0.15) is 12.1 Å². The molecule has 2 rings (SSSR count). The fourth-order valence-corrected chi connectivity index (χ4v) is 6.54. The van der Waals surface area contributed by atoms with Crippen LogP contribution in [0.4, 0.5) is 27.8 Å². The predicted molar refractivity (Wildman–Crippen MR) is 141 cm³/mol. The van der Waals surface area contributed by atoms with Crippen LogP contribution in [0.5, 0.6) is 0 Å². The van der Waals surface area contributed by atoms with E-state index in [1.54, 1.807) is 27.7 Å². The van der Waals surface area contributed by atoms with Gasteiger partial charge in [-0.05, 0) is 53.3 Å². The van der Waals surface area contributed by atoms with E-state index in [2.05, 4.69) is 15.2 Å². The number of esters is 2. The van der Waals surface area contributed by atoms with Gasteiger partial charge in [-0.15, -0.1) is 0 Å². The number of carbonyl (C=O) groups excluding carboxylic acids is 2. The first kappa shape index (κ1) is 35.9. The molecule has 0 aromatic carbocycles. The van der Waals surface area contributed by atoms with Crippen molar-refractivity contribution >= 4 is 36.1 Å². The molecule has 20 heteroatoms. The first-order valence-corrected chi connectivity index (χ1v) is 15.2. The summed E-state index contributed by atoms with van der Waals surface area (Å²) in [7, 11) is 0. The van der Waals surface area contributed by atoms with Crippen LogP contribution in [0.3, 0.4) is 0 Å². The Hall–Kier alpha value is -2.28. The van der Waals surface area contributed by atoms with Gasteiger partial charge in [-0.3, -0.25) is 14.2 Å². The van der Waals surface area contributed by atoms with Crippen LogP contribution < -0.4 is 21.6 Å². The molecule has 0 radical (unpaired) electrons. The van der Waals surface area contributed by atoms with Crippen LogP contribution in [0.25, 0.3) is 0 Å². The summed E-state index contributed by atoms with van der Waals surface area (Å²) in [6.45, 7) is 2.83. The van der Waals surface area contributed by atoms with E-state index >= 15 is 8.78 Å². The summed E-state index contributed by atoms with van der Waals surface area (Å²) in [5, 5.41) is 15.3. The fraction of sp³-hybridized carbons (Fsp3) is 0.727. The summed E-state index contributed by atoms with van der Waals surface area (Å²) >= 11 is 5.38. The average molecular weight is 654 g/mol. The first-order valence-electron chi connectivity index (χ1n) is 12.4. The molecule has 0 aliphatic carbocycles. The first-order chi connectivity index (χ1) is 19.2. The molecule has 0 spiro atoms. The molecule has 1 aliphatic heterocycles. The number of nitrogens with two attached hydrogens (primary N) is 1. The molecule has 0 saturated carbocycles. The molecular formula is C22H33F5N5O8PS. The molecule has 0 bridgehead atoms. The second-order valence-corrected chi connectivity index (χ2v) is 13.3. The number of aliphatic hydroxyl groups is 1. The summed E-state index contributed by atoms with van der Waals surface area (Å²) in [5.41, 5.74) is -0.281. The number of aromatic nitrogens is 2. The highest BCUT2D eigenvalue weighted by Gasteiger charge is 2.74. The van der Waals surface area contributed by atoms with Crippen molar-refractivity contribution in [1.29, 1.82) is 0 Å². The van der Waals surface area contributed by atoms with Crippen LogP contribution >= 0.6 is 6.57 Å². The van der Waals surface area contributed by atoms with Gasteiger partial charge in [0.05, 0.1) is 25.0 Å². The molecule has 1 aromatic heterocycles. The molecule has 13 nitrogen and oxygen atoms in total. The van der Waals surface area contributed by atoms with E-state index in [0.717, 1.165) is 0 Å². The minimum absolute atomic E-state index is 0.0367. The van der Waals surface area contributed by atoms with Gasteiger partial charge in [-0.25, -0.2) is 28.1 Å². The maximum absolute atomic E-state index is 15.4. The van der Waals surface area contributed by atoms with Crippen LogP contribution in [0, 0.1) is 5.82 Å². The lowest BCUT2D eigenvalue weighted by Gasteiger charge is -2.36. The topological polar surface area (TPSA) is 176 Å². The van der Waals surface area contributed by atoms with Gasteiger partial charge < -0.3 is 29.6 Å². The Kier molecular flexibility index (Phi) is 11.6. The lowest BCUT2D eigenvalue weighted by Crippen LogP contribution is -2.58. The molecule has 5 unspecified atom stereocenters. The summed E-state index contributed by atoms with van der Waals surface area (Å²) in [6.07, 6.45) is -10.7. The summed E-state index contributed by atoms with van der Waals surface area (Å²) < 4.78 is 94.0. The monoisotopic (exact) mass is 653 g/mol. The molecule has 1 aliphatic rings. The van der Waals surface area contributed by atoms with Gasteiger partial charge in [0.15, 0.2) is 30.5 Å². The second-order valence-electron chi connectivity index (χ2n) is 9.93. The Labute approximate surface area is 242 Å². The Bertz CT molecular complexity index is 1220. The van der Waals surface area contributed by atoms with E-state index in [9.17, 15) is 32.7 Å². The highest BCUT2D eigenvalue weighted by molar-refractivity contribution is 8.10. The number of alkyl halides is 4. The van der Waals surface area contributed by atoms with Gasteiger partial charge in [0, 0.05) is 0 Å². The van der Waals surface area contributed by atoms with Gasteiger partial charge in [0.25, 0.3) is 6.43 Å². The normalized spacial score (nSPS) is 24.9. The molecule has 1 aromatic rings. The molecule has 2 heterocycles. The third-order valence-corrected chi connectivity index (χ3v) is 8.59. The Morgan fingerprint density at radius 2 is 1.62 bits per heavy atom. The third-order valence-electron chi connectivity index (χ3n) is 5.70. The van der Waals surface area contributed by atoms with Gasteiger partial charge >= 0.3 is 23.6 Å². The summed E-state index contributed by atoms with van der Waals surface area (Å²) in [5.74, 6) is -8.88. The van der Waals surface area contributed by atoms with Crippen molar-refractivity contribution in [2.75, 3.05) is 12.3 Å². The lowest BCUT2D eigenvalue weighted by atomic mass is 9.95. The fourth-order valence-electron chi connectivity index (χ4n) is 3.61. The number of ether oxygens (including phenoxy) is 3. The molecular weight excluding hydrogens is 620 g/mol. The summed E-state index contributed by atoms with van der Waals surface area (Å²) in [4.78, 5) is 40.0. The van der Waals surface area contributed by atoms with E-state index in [4.69, 9.17) is 36.3 Å². The quantitative estimate of drug-likeness (QED) is 0.137. The van der Waals surface area contributed by atoms with Crippen molar-refractivity contribution in [3.05, 3.63) is 22.5 Å². The molecule has 1 fully saturated rings. The minimum atomic E-state index is -4.84. The Balaban J connectivity index is 2.48. The third kappa shape index (κ3) is 7.81. The number of anilines is 1. The largest absolute Gasteiger partial charge is 0.462 e.